The van der Waals surface area contributed by atoms with E-state index < -0.39 is 0 Å². The summed E-state index contributed by atoms with van der Waals surface area (Å²) in [7, 11) is 0. The molecule has 0 fully saturated rings. The van der Waals surface area contributed by atoms with Crippen molar-refractivity contribution < 1.29 is 4.42 Å². The fraction of sp³-hybridized carbons (Fsp3) is 0.471. The zero-order chi connectivity index (χ0) is 14.5. The average Bonchev–Trinajstić information content (AvgIpc) is 2.79. The Morgan fingerprint density at radius 2 is 2.10 bits per heavy atom. The Kier molecular flexibility index (Phi) is 4.96. The van der Waals surface area contributed by atoms with Crippen LogP contribution in [0.5, 0.6) is 0 Å². The molecule has 0 amide bonds. The van der Waals surface area contributed by atoms with Crippen LogP contribution in [0, 0.1) is 13.8 Å². The molecular weight excluding hydrogens is 248 g/mol. The van der Waals surface area contributed by atoms with E-state index in [1.807, 2.05) is 32.2 Å². The molecule has 0 radical (unpaired) electrons. The predicted octanol–water partition coefficient (Wildman–Crippen LogP) is 4.14. The first kappa shape index (κ1) is 14.8. The third-order valence-electron chi connectivity index (χ3n) is 3.68. The Hall–Kier alpha value is -1.61. The van der Waals surface area contributed by atoms with Crippen LogP contribution in [-0.4, -0.2) is 11.5 Å². The van der Waals surface area contributed by atoms with E-state index in [1.165, 1.54) is 5.56 Å². The highest BCUT2D eigenvalue weighted by Gasteiger charge is 2.24. The first-order chi connectivity index (χ1) is 9.63. The van der Waals surface area contributed by atoms with Crippen LogP contribution in [-0.2, 0) is 0 Å². The van der Waals surface area contributed by atoms with Gasteiger partial charge in [-0.1, -0.05) is 19.9 Å². The maximum absolute atomic E-state index is 5.70. The molecule has 0 spiro atoms. The van der Waals surface area contributed by atoms with Crippen LogP contribution in [0.3, 0.4) is 0 Å². The molecule has 0 saturated carbocycles. The second kappa shape index (κ2) is 6.71. The molecular formula is C17H24N2O. The molecule has 3 heteroatoms. The number of aromatic nitrogens is 1. The van der Waals surface area contributed by atoms with Crippen LogP contribution in [0.1, 0.15) is 55.0 Å². The number of hydrogen-bond donors (Lipinski definition) is 1. The van der Waals surface area contributed by atoms with Crippen LogP contribution >= 0.6 is 0 Å². The minimum absolute atomic E-state index is 0.238. The summed E-state index contributed by atoms with van der Waals surface area (Å²) in [6.45, 7) is 9.43. The highest BCUT2D eigenvalue weighted by molar-refractivity contribution is 5.28. The van der Waals surface area contributed by atoms with Crippen molar-refractivity contribution in [1.29, 1.82) is 0 Å². The van der Waals surface area contributed by atoms with Crippen molar-refractivity contribution in [3.05, 3.63) is 53.2 Å². The van der Waals surface area contributed by atoms with Crippen molar-refractivity contribution in [2.75, 3.05) is 6.54 Å². The van der Waals surface area contributed by atoms with Gasteiger partial charge in [0.05, 0.1) is 0 Å². The summed E-state index contributed by atoms with van der Waals surface area (Å²) in [5, 5.41) is 3.64. The summed E-state index contributed by atoms with van der Waals surface area (Å²) >= 11 is 0. The van der Waals surface area contributed by atoms with Gasteiger partial charge >= 0.3 is 0 Å². The van der Waals surface area contributed by atoms with Gasteiger partial charge in [-0.3, -0.25) is 4.98 Å². The Labute approximate surface area is 121 Å². The van der Waals surface area contributed by atoms with Crippen molar-refractivity contribution in [3.8, 4) is 0 Å². The molecule has 2 heterocycles. The van der Waals surface area contributed by atoms with E-state index in [4.69, 9.17) is 4.42 Å². The zero-order valence-corrected chi connectivity index (χ0v) is 12.8. The number of hydrogen-bond acceptors (Lipinski definition) is 3. The Balaban J connectivity index is 2.30. The van der Waals surface area contributed by atoms with E-state index in [2.05, 4.69) is 36.3 Å². The van der Waals surface area contributed by atoms with Crippen molar-refractivity contribution in [1.82, 2.24) is 10.3 Å². The molecule has 2 aromatic heterocycles. The number of nitrogens with zero attached hydrogens (tertiary/aromatic N) is 1. The molecule has 0 aliphatic heterocycles. The quantitative estimate of drug-likeness (QED) is 0.859. The standard InChI is InChI=1S/C17H24N2O/c1-5-9-19-17(15-11-12(2)20-14(15)4)13(3)16-8-6-7-10-18-16/h6-8,10-11,13,17,19H,5,9H2,1-4H3. The molecule has 0 aliphatic carbocycles. The minimum Gasteiger partial charge on any atom is -0.466 e. The fourth-order valence-corrected chi connectivity index (χ4v) is 2.63. The second-order valence-electron chi connectivity index (χ2n) is 5.34. The van der Waals surface area contributed by atoms with Crippen molar-refractivity contribution in [2.45, 2.75) is 46.1 Å². The molecule has 0 saturated heterocycles. The van der Waals surface area contributed by atoms with E-state index in [0.29, 0.717) is 5.92 Å². The van der Waals surface area contributed by atoms with Crippen LogP contribution < -0.4 is 5.32 Å². The van der Waals surface area contributed by atoms with Crippen LogP contribution in [0.2, 0.25) is 0 Å². The van der Waals surface area contributed by atoms with Crippen LogP contribution in [0.4, 0.5) is 0 Å². The smallest absolute Gasteiger partial charge is 0.105 e. The van der Waals surface area contributed by atoms with E-state index in [1.54, 1.807) is 0 Å². The summed E-state index contributed by atoms with van der Waals surface area (Å²) < 4.78 is 5.70. The molecule has 0 bridgehead atoms. The molecule has 3 nitrogen and oxygen atoms in total. The maximum atomic E-state index is 5.70. The number of aryl methyl sites for hydroxylation is 2. The highest BCUT2D eigenvalue weighted by Crippen LogP contribution is 2.32. The average molecular weight is 272 g/mol. The van der Waals surface area contributed by atoms with Gasteiger partial charge in [0.2, 0.25) is 0 Å². The van der Waals surface area contributed by atoms with Gasteiger partial charge in [-0.25, -0.2) is 0 Å². The molecule has 2 unspecified atom stereocenters. The summed E-state index contributed by atoms with van der Waals surface area (Å²) in [5.41, 5.74) is 2.36. The van der Waals surface area contributed by atoms with Crippen LogP contribution in [0.15, 0.2) is 34.9 Å². The lowest BCUT2D eigenvalue weighted by Gasteiger charge is -2.24. The normalized spacial score (nSPS) is 14.2. The minimum atomic E-state index is 0.238. The third kappa shape index (κ3) is 3.28. The number of furan rings is 1. The van der Waals surface area contributed by atoms with Gasteiger partial charge in [-0.15, -0.1) is 0 Å². The van der Waals surface area contributed by atoms with E-state index in [-0.39, 0.29) is 6.04 Å². The van der Waals surface area contributed by atoms with Gasteiger partial charge < -0.3 is 9.73 Å². The Morgan fingerprint density at radius 3 is 2.65 bits per heavy atom. The topological polar surface area (TPSA) is 38.1 Å². The number of nitrogens with one attached hydrogen (secondary N) is 1. The third-order valence-corrected chi connectivity index (χ3v) is 3.68. The Morgan fingerprint density at radius 1 is 1.30 bits per heavy atom. The molecule has 20 heavy (non-hydrogen) atoms. The molecule has 108 valence electrons. The van der Waals surface area contributed by atoms with E-state index in [0.717, 1.165) is 30.2 Å². The molecule has 2 atom stereocenters. The van der Waals surface area contributed by atoms with Crippen LogP contribution in [0.25, 0.3) is 0 Å². The fourth-order valence-electron chi connectivity index (χ4n) is 2.63. The first-order valence-electron chi connectivity index (χ1n) is 7.34. The molecule has 1 N–H and O–H groups in total. The maximum Gasteiger partial charge on any atom is 0.105 e. The Bertz CT molecular complexity index is 533. The molecule has 2 aromatic rings. The summed E-state index contributed by atoms with van der Waals surface area (Å²) in [5.74, 6) is 2.27. The number of pyridine rings is 1. The van der Waals surface area contributed by atoms with Crippen molar-refractivity contribution in [3.63, 3.8) is 0 Å². The molecule has 2 rings (SSSR count). The van der Waals surface area contributed by atoms with Gasteiger partial charge in [-0.05, 0) is 45.0 Å². The summed E-state index contributed by atoms with van der Waals surface area (Å²) in [6, 6.07) is 8.47. The van der Waals surface area contributed by atoms with Gasteiger partial charge in [0.1, 0.15) is 11.5 Å². The lowest BCUT2D eigenvalue weighted by Crippen LogP contribution is -2.27. The second-order valence-corrected chi connectivity index (χ2v) is 5.34. The monoisotopic (exact) mass is 272 g/mol. The van der Waals surface area contributed by atoms with Crippen molar-refractivity contribution in [2.24, 2.45) is 0 Å². The lowest BCUT2D eigenvalue weighted by atomic mass is 9.91. The van der Waals surface area contributed by atoms with Gasteiger partial charge in [-0.2, -0.15) is 0 Å². The largest absolute Gasteiger partial charge is 0.466 e. The van der Waals surface area contributed by atoms with Crippen molar-refractivity contribution >= 4 is 0 Å². The highest BCUT2D eigenvalue weighted by atomic mass is 16.3. The van der Waals surface area contributed by atoms with Gasteiger partial charge in [0.25, 0.3) is 0 Å². The lowest BCUT2D eigenvalue weighted by molar-refractivity contribution is 0.442. The van der Waals surface area contributed by atoms with Gasteiger partial charge in [0, 0.05) is 29.4 Å². The zero-order valence-electron chi connectivity index (χ0n) is 12.8. The van der Waals surface area contributed by atoms with E-state index >= 15 is 0 Å². The predicted molar refractivity (Wildman–Crippen MR) is 81.9 cm³/mol. The first-order valence-corrected chi connectivity index (χ1v) is 7.34. The molecule has 0 aromatic carbocycles. The van der Waals surface area contributed by atoms with Gasteiger partial charge in [0.15, 0.2) is 0 Å². The van der Waals surface area contributed by atoms with E-state index in [9.17, 15) is 0 Å². The molecule has 0 aliphatic rings. The summed E-state index contributed by atoms with van der Waals surface area (Å²) in [4.78, 5) is 4.50. The number of rotatable bonds is 6. The SMILES string of the molecule is CCCNC(c1cc(C)oc1C)C(C)c1ccccn1. The summed E-state index contributed by atoms with van der Waals surface area (Å²) in [6.07, 6.45) is 2.97.